The number of rotatable bonds is 2. The van der Waals surface area contributed by atoms with Gasteiger partial charge >= 0.3 is 18.0 Å². The molecule has 1 heterocycles. The Bertz CT molecular complexity index is 454. The second-order valence-electron chi connectivity index (χ2n) is 3.32. The van der Waals surface area contributed by atoms with Crippen LogP contribution in [0.4, 0.5) is 27.6 Å². The van der Waals surface area contributed by atoms with Crippen LogP contribution in [0.2, 0.25) is 5.15 Å². The number of amides is 1. The number of carbonyl (C=O) groups is 1. The zero-order chi connectivity index (χ0) is 14.1. The van der Waals surface area contributed by atoms with Gasteiger partial charge in [0.05, 0.1) is 5.69 Å². The molecule has 1 aromatic heterocycles. The molecule has 0 aliphatic carbocycles. The topological polar surface area (TPSA) is 42.0 Å². The SMILES string of the molecule is Cc1ccnc(Cl)c1NC(=O)C(F)(F)C(F)(F)F. The van der Waals surface area contributed by atoms with Gasteiger partial charge in [0.25, 0.3) is 0 Å². The Labute approximate surface area is 103 Å². The molecule has 0 saturated heterocycles. The second-order valence-corrected chi connectivity index (χ2v) is 3.68. The van der Waals surface area contributed by atoms with Crippen LogP contribution in [0.25, 0.3) is 0 Å². The average molecular weight is 289 g/mol. The summed E-state index contributed by atoms with van der Waals surface area (Å²) < 4.78 is 61.1. The highest BCUT2D eigenvalue weighted by Crippen LogP contribution is 2.37. The summed E-state index contributed by atoms with van der Waals surface area (Å²) in [5, 5.41) is 1.05. The van der Waals surface area contributed by atoms with Crippen molar-refractivity contribution in [1.29, 1.82) is 0 Å². The summed E-state index contributed by atoms with van der Waals surface area (Å²) in [6.45, 7) is 1.37. The highest BCUT2D eigenvalue weighted by atomic mass is 35.5. The molecule has 0 radical (unpaired) electrons. The summed E-state index contributed by atoms with van der Waals surface area (Å²) >= 11 is 5.49. The molecule has 0 spiro atoms. The number of hydrogen-bond donors (Lipinski definition) is 1. The van der Waals surface area contributed by atoms with Crippen LogP contribution in [0.15, 0.2) is 12.3 Å². The minimum absolute atomic E-state index is 0.210. The molecule has 0 unspecified atom stereocenters. The Kier molecular flexibility index (Phi) is 3.80. The van der Waals surface area contributed by atoms with Crippen molar-refractivity contribution in [2.75, 3.05) is 5.32 Å². The number of pyridine rings is 1. The predicted molar refractivity (Wildman–Crippen MR) is 53.6 cm³/mol. The first-order chi connectivity index (χ1) is 8.07. The van der Waals surface area contributed by atoms with E-state index < -0.39 is 18.0 Å². The number of hydrogen-bond acceptors (Lipinski definition) is 2. The monoisotopic (exact) mass is 288 g/mol. The standard InChI is InChI=1S/C9H6ClF5N2O/c1-4-2-3-16-6(10)5(4)17-7(18)8(11,12)9(13,14)15/h2-3H,1H3,(H,17,18). The van der Waals surface area contributed by atoms with E-state index in [4.69, 9.17) is 11.6 Å². The van der Waals surface area contributed by atoms with Gasteiger partial charge in [-0.25, -0.2) is 4.98 Å². The van der Waals surface area contributed by atoms with Crippen molar-refractivity contribution in [3.8, 4) is 0 Å². The Morgan fingerprint density at radius 3 is 2.33 bits per heavy atom. The summed E-state index contributed by atoms with van der Waals surface area (Å²) in [5.74, 6) is -8.01. The molecule has 9 heteroatoms. The summed E-state index contributed by atoms with van der Waals surface area (Å²) in [6, 6.07) is 1.30. The maximum atomic E-state index is 12.7. The van der Waals surface area contributed by atoms with Crippen LogP contribution < -0.4 is 5.32 Å². The molecule has 0 aliphatic rings. The van der Waals surface area contributed by atoms with Crippen LogP contribution in [0.5, 0.6) is 0 Å². The molecule has 3 nitrogen and oxygen atoms in total. The molecule has 0 atom stereocenters. The van der Waals surface area contributed by atoms with Gasteiger partial charge in [0.1, 0.15) is 0 Å². The fourth-order valence-electron chi connectivity index (χ4n) is 0.996. The van der Waals surface area contributed by atoms with Gasteiger partial charge in [0, 0.05) is 6.20 Å². The third-order valence-electron chi connectivity index (χ3n) is 1.99. The van der Waals surface area contributed by atoms with Crippen LogP contribution in [-0.4, -0.2) is 23.0 Å². The van der Waals surface area contributed by atoms with E-state index in [2.05, 4.69) is 4.98 Å². The molecule has 1 aromatic rings. The molecule has 1 amide bonds. The lowest BCUT2D eigenvalue weighted by Crippen LogP contribution is -2.47. The van der Waals surface area contributed by atoms with Gasteiger partial charge in [-0.05, 0) is 18.6 Å². The third kappa shape index (κ3) is 2.69. The lowest BCUT2D eigenvalue weighted by molar-refractivity contribution is -0.267. The molecule has 18 heavy (non-hydrogen) atoms. The highest BCUT2D eigenvalue weighted by molar-refractivity contribution is 6.32. The molecule has 0 saturated carbocycles. The zero-order valence-electron chi connectivity index (χ0n) is 8.78. The zero-order valence-corrected chi connectivity index (χ0v) is 9.53. The summed E-state index contributed by atoms with van der Waals surface area (Å²) in [4.78, 5) is 14.4. The van der Waals surface area contributed by atoms with Crippen molar-refractivity contribution in [1.82, 2.24) is 4.98 Å². The van der Waals surface area contributed by atoms with Crippen LogP contribution in [-0.2, 0) is 4.79 Å². The molecular weight excluding hydrogens is 283 g/mol. The van der Waals surface area contributed by atoms with Crippen LogP contribution in [0.1, 0.15) is 5.56 Å². The van der Waals surface area contributed by atoms with E-state index in [1.54, 1.807) is 0 Å². The fraction of sp³-hybridized carbons (Fsp3) is 0.333. The minimum atomic E-state index is -5.97. The first-order valence-corrected chi connectivity index (χ1v) is 4.82. The van der Waals surface area contributed by atoms with Crippen molar-refractivity contribution in [2.45, 2.75) is 19.0 Å². The molecule has 100 valence electrons. The number of nitrogens with one attached hydrogen (secondary N) is 1. The maximum Gasteiger partial charge on any atom is 0.463 e. The summed E-state index contributed by atoms with van der Waals surface area (Å²) in [5.41, 5.74) is -0.172. The number of halogens is 6. The maximum absolute atomic E-state index is 12.7. The Hall–Kier alpha value is -1.44. The van der Waals surface area contributed by atoms with E-state index in [9.17, 15) is 26.7 Å². The summed E-state index contributed by atoms with van der Waals surface area (Å²) in [7, 11) is 0. The van der Waals surface area contributed by atoms with Crippen molar-refractivity contribution in [3.05, 3.63) is 23.0 Å². The number of alkyl halides is 5. The Morgan fingerprint density at radius 1 is 1.33 bits per heavy atom. The fourth-order valence-corrected chi connectivity index (χ4v) is 1.25. The minimum Gasteiger partial charge on any atom is -0.318 e. The highest BCUT2D eigenvalue weighted by Gasteiger charge is 2.63. The van der Waals surface area contributed by atoms with Gasteiger partial charge in [-0.3, -0.25) is 4.79 Å². The van der Waals surface area contributed by atoms with Crippen molar-refractivity contribution in [2.24, 2.45) is 0 Å². The van der Waals surface area contributed by atoms with Crippen LogP contribution >= 0.6 is 11.6 Å². The van der Waals surface area contributed by atoms with E-state index in [0.717, 1.165) is 0 Å². The van der Waals surface area contributed by atoms with E-state index in [-0.39, 0.29) is 16.4 Å². The van der Waals surface area contributed by atoms with Crippen LogP contribution in [0.3, 0.4) is 0 Å². The Morgan fingerprint density at radius 2 is 1.89 bits per heavy atom. The smallest absolute Gasteiger partial charge is 0.318 e. The van der Waals surface area contributed by atoms with Gasteiger partial charge in [-0.15, -0.1) is 0 Å². The second kappa shape index (κ2) is 4.68. The normalized spacial score (nSPS) is 12.4. The van der Waals surface area contributed by atoms with E-state index >= 15 is 0 Å². The lowest BCUT2D eigenvalue weighted by Gasteiger charge is -2.19. The largest absolute Gasteiger partial charge is 0.463 e. The first-order valence-electron chi connectivity index (χ1n) is 4.44. The van der Waals surface area contributed by atoms with Crippen LogP contribution in [0, 0.1) is 6.92 Å². The number of anilines is 1. The quantitative estimate of drug-likeness (QED) is 0.671. The van der Waals surface area contributed by atoms with E-state index in [1.165, 1.54) is 24.5 Å². The molecule has 1 rings (SSSR count). The molecule has 0 fully saturated rings. The van der Waals surface area contributed by atoms with Gasteiger partial charge in [0.15, 0.2) is 5.15 Å². The van der Waals surface area contributed by atoms with Gasteiger partial charge in [-0.2, -0.15) is 22.0 Å². The average Bonchev–Trinajstić information content (AvgIpc) is 2.21. The van der Waals surface area contributed by atoms with E-state index in [1.807, 2.05) is 0 Å². The van der Waals surface area contributed by atoms with Crippen molar-refractivity contribution >= 4 is 23.2 Å². The molecule has 0 aromatic carbocycles. The third-order valence-corrected chi connectivity index (χ3v) is 2.28. The van der Waals surface area contributed by atoms with E-state index in [0.29, 0.717) is 0 Å². The van der Waals surface area contributed by atoms with Crippen molar-refractivity contribution < 1.29 is 26.7 Å². The van der Waals surface area contributed by atoms with Gasteiger partial charge in [-0.1, -0.05) is 11.6 Å². The van der Waals surface area contributed by atoms with Gasteiger partial charge in [0.2, 0.25) is 0 Å². The molecule has 1 N–H and O–H groups in total. The molecule has 0 bridgehead atoms. The van der Waals surface area contributed by atoms with Crippen molar-refractivity contribution in [3.63, 3.8) is 0 Å². The Balaban J connectivity index is 3.03. The number of aryl methyl sites for hydroxylation is 1. The lowest BCUT2D eigenvalue weighted by atomic mass is 10.2. The molecular formula is C9H6ClF5N2O. The number of nitrogens with zero attached hydrogens (tertiary/aromatic N) is 1. The number of aromatic nitrogens is 1. The molecule has 0 aliphatic heterocycles. The number of carbonyl (C=O) groups excluding carboxylic acids is 1. The first kappa shape index (κ1) is 14.6. The summed E-state index contributed by atoms with van der Waals surface area (Å²) in [6.07, 6.45) is -4.76. The predicted octanol–water partition coefficient (Wildman–Crippen LogP) is 3.18. The van der Waals surface area contributed by atoms with Gasteiger partial charge < -0.3 is 5.32 Å².